The maximum Gasteiger partial charge on any atom is 0 e. The van der Waals surface area contributed by atoms with Gasteiger partial charge in [-0.25, -0.2) is 0 Å². The molecule has 0 spiro atoms. The highest BCUT2D eigenvalue weighted by atomic mass is 32.7. The topological polar surface area (TPSA) is 0 Å². The van der Waals surface area contributed by atoms with Gasteiger partial charge >= 0.3 is 0 Å². The van der Waals surface area contributed by atoms with Crippen molar-refractivity contribution in [2.24, 2.45) is 0 Å². The van der Waals surface area contributed by atoms with Crippen molar-refractivity contribution in [2.75, 3.05) is 6.66 Å². The average Bonchev–Trinajstić information content (AvgIpc) is 1.46. The first-order valence-electron chi connectivity index (χ1n) is 0.982. The van der Waals surface area contributed by atoms with Crippen LogP contribution < -0.4 is 0 Å². The summed E-state index contributed by atoms with van der Waals surface area (Å²) in [5.41, 5.74) is 0. The zero-order valence-electron chi connectivity index (χ0n) is 3.55. The molecule has 0 aromatic rings. The van der Waals surface area contributed by atoms with Crippen LogP contribution in [0.15, 0.2) is 0 Å². The van der Waals surface area contributed by atoms with Gasteiger partial charge in [0.25, 0.3) is 0 Å². The molecule has 0 aliphatic heterocycles. The molecule has 0 aromatic heterocycles. The van der Waals surface area contributed by atoms with Gasteiger partial charge in [0.15, 0.2) is 0 Å². The minimum Gasteiger partial charge on any atom is -0.158 e. The SMILES string of the molecule is CPS.PS.[B]. The van der Waals surface area contributed by atoms with Crippen molar-refractivity contribution in [3.63, 3.8) is 0 Å². The van der Waals surface area contributed by atoms with Crippen LogP contribution in [0.4, 0.5) is 0 Å². The highest BCUT2D eigenvalue weighted by Gasteiger charge is 1.33. The summed E-state index contributed by atoms with van der Waals surface area (Å²) in [6.07, 6.45) is 0. The zero-order valence-corrected chi connectivity index (χ0v) is 7.49. The molecule has 0 aliphatic carbocycles. The average molecular weight is 157 g/mol. The van der Waals surface area contributed by atoms with E-state index in [1.54, 1.807) is 0 Å². The van der Waals surface area contributed by atoms with Gasteiger partial charge in [0.05, 0.1) is 0 Å². The molecule has 5 heteroatoms. The molecular weight excluding hydrogens is 149 g/mol. The minimum atomic E-state index is 0. The van der Waals surface area contributed by atoms with Crippen LogP contribution in [-0.4, -0.2) is 15.1 Å². The first-order chi connectivity index (χ1) is 2.41. The first kappa shape index (κ1) is 15.6. The predicted octanol–water partition coefficient (Wildman–Crippen LogP) is 1.47. The minimum absolute atomic E-state index is 0. The summed E-state index contributed by atoms with van der Waals surface area (Å²) in [6.45, 7) is 2.02. The fourth-order valence-corrected chi connectivity index (χ4v) is 0. The molecular formula is CH8BP2S2. The molecule has 0 amide bonds. The Kier molecular flexibility index (Phi) is 79.3. The second kappa shape index (κ2) is 30.4. The lowest BCUT2D eigenvalue weighted by atomic mass is 10.8. The van der Waals surface area contributed by atoms with Gasteiger partial charge in [-0.3, -0.25) is 0 Å². The molecule has 0 aliphatic rings. The third-order valence-electron chi connectivity index (χ3n) is 0. The fourth-order valence-electron chi connectivity index (χ4n) is 0. The summed E-state index contributed by atoms with van der Waals surface area (Å²) >= 11 is 7.26. The molecule has 2 atom stereocenters. The number of rotatable bonds is 0. The van der Waals surface area contributed by atoms with Gasteiger partial charge in [-0.05, 0) is 6.66 Å². The van der Waals surface area contributed by atoms with Gasteiger partial charge < -0.3 is 0 Å². The quantitative estimate of drug-likeness (QED) is 0.297. The second-order valence-electron chi connectivity index (χ2n) is 0.224. The van der Waals surface area contributed by atoms with Crippen LogP contribution in [-0.2, 0) is 0 Å². The van der Waals surface area contributed by atoms with Crippen molar-refractivity contribution in [3.8, 4) is 0 Å². The van der Waals surface area contributed by atoms with E-state index in [0.717, 1.165) is 7.78 Å². The normalized spacial score (nSPS) is 6.00. The summed E-state index contributed by atoms with van der Waals surface area (Å²) < 4.78 is 0. The lowest BCUT2D eigenvalue weighted by Gasteiger charge is -1.50. The van der Waals surface area contributed by atoms with E-state index in [-0.39, 0.29) is 8.41 Å². The Bertz CT molecular complexity index is 11.5. The molecule has 0 saturated carbocycles. The molecule has 0 rings (SSSR count). The summed E-state index contributed by atoms with van der Waals surface area (Å²) in [7, 11) is 2.89. The van der Waals surface area contributed by atoms with E-state index < -0.39 is 0 Å². The molecule has 0 fully saturated rings. The van der Waals surface area contributed by atoms with E-state index in [2.05, 4.69) is 32.9 Å². The third-order valence-corrected chi connectivity index (χ3v) is 0. The van der Waals surface area contributed by atoms with Crippen LogP contribution >= 0.6 is 40.7 Å². The molecule has 0 saturated heterocycles. The molecule has 0 N–H and O–H groups in total. The van der Waals surface area contributed by atoms with Crippen molar-refractivity contribution in [2.45, 2.75) is 0 Å². The number of hydrogen-bond acceptors (Lipinski definition) is 2. The Morgan fingerprint density at radius 1 is 1.50 bits per heavy atom. The van der Waals surface area contributed by atoms with Gasteiger partial charge in [0, 0.05) is 8.41 Å². The Morgan fingerprint density at radius 2 is 1.50 bits per heavy atom. The van der Waals surface area contributed by atoms with E-state index >= 15 is 0 Å². The standard InChI is InChI=1S/CH5PS.B.H3PS/c1-2-3;;1-2/h2-3H,1H3;;2H,1H2. The van der Waals surface area contributed by atoms with E-state index in [0.29, 0.717) is 0 Å². The smallest absolute Gasteiger partial charge is 0 e. The molecule has 2 unspecified atom stereocenters. The van der Waals surface area contributed by atoms with Crippen LogP contribution in [0.5, 0.6) is 0 Å². The lowest BCUT2D eigenvalue weighted by molar-refractivity contribution is 2.52. The Balaban J connectivity index is -0.0000000275. The molecule has 37 valence electrons. The zero-order chi connectivity index (χ0) is 4.71. The van der Waals surface area contributed by atoms with Gasteiger partial charge in [0.2, 0.25) is 0 Å². The molecule has 0 bridgehead atoms. The Labute approximate surface area is 56.1 Å². The fraction of sp³-hybridized carbons (Fsp3) is 1.00. The lowest BCUT2D eigenvalue weighted by Crippen LogP contribution is -1.000. The predicted molar refractivity (Wildman–Crippen MR) is 47.7 cm³/mol. The third kappa shape index (κ3) is 45.6. The van der Waals surface area contributed by atoms with Crippen LogP contribution in [0.25, 0.3) is 0 Å². The van der Waals surface area contributed by atoms with E-state index in [1.807, 2.05) is 6.66 Å². The van der Waals surface area contributed by atoms with E-state index in [9.17, 15) is 0 Å². The monoisotopic (exact) mass is 157 g/mol. The van der Waals surface area contributed by atoms with Gasteiger partial charge in [-0.2, -0.15) is 24.5 Å². The van der Waals surface area contributed by atoms with Gasteiger partial charge in [0.1, 0.15) is 0 Å². The summed E-state index contributed by atoms with van der Waals surface area (Å²) in [5.74, 6) is 0. The Morgan fingerprint density at radius 3 is 1.50 bits per heavy atom. The van der Waals surface area contributed by atoms with Gasteiger partial charge in [-0.1, -0.05) is 16.2 Å². The second-order valence-corrected chi connectivity index (χ2v) is 2.01. The Hall–Kier alpha value is 1.62. The van der Waals surface area contributed by atoms with Gasteiger partial charge in [-0.15, -0.1) is 0 Å². The van der Waals surface area contributed by atoms with Crippen molar-refractivity contribution in [3.05, 3.63) is 0 Å². The molecule has 0 nitrogen and oxygen atoms in total. The van der Waals surface area contributed by atoms with Crippen molar-refractivity contribution < 1.29 is 0 Å². The van der Waals surface area contributed by atoms with Crippen molar-refractivity contribution in [1.29, 1.82) is 0 Å². The highest BCUT2D eigenvalue weighted by Crippen LogP contribution is 2.03. The molecule has 6 heavy (non-hydrogen) atoms. The van der Waals surface area contributed by atoms with Crippen molar-refractivity contribution in [1.82, 2.24) is 0 Å². The highest BCUT2D eigenvalue weighted by molar-refractivity contribution is 8.37. The van der Waals surface area contributed by atoms with Crippen LogP contribution in [0.3, 0.4) is 0 Å². The van der Waals surface area contributed by atoms with Crippen LogP contribution in [0.2, 0.25) is 0 Å². The number of hydrogen-bond donors (Lipinski definition) is 2. The molecule has 0 aromatic carbocycles. The van der Waals surface area contributed by atoms with E-state index in [1.165, 1.54) is 0 Å². The molecule has 3 radical (unpaired) electrons. The summed E-state index contributed by atoms with van der Waals surface area (Å²) in [5, 5.41) is 0. The number of thiol groups is 2. The summed E-state index contributed by atoms with van der Waals surface area (Å²) in [4.78, 5) is 0. The van der Waals surface area contributed by atoms with E-state index in [4.69, 9.17) is 0 Å². The van der Waals surface area contributed by atoms with Crippen LogP contribution in [0.1, 0.15) is 0 Å². The van der Waals surface area contributed by atoms with Crippen LogP contribution in [0, 0.1) is 0 Å². The summed E-state index contributed by atoms with van der Waals surface area (Å²) in [6, 6.07) is 0. The largest absolute Gasteiger partial charge is 0.158 e. The molecule has 0 heterocycles. The first-order valence-corrected chi connectivity index (χ1v) is 5.84. The van der Waals surface area contributed by atoms with Crippen molar-refractivity contribution >= 4 is 49.1 Å². The maximum absolute atomic E-state index is 3.82. The maximum atomic E-state index is 3.82.